The minimum atomic E-state index is 0.522. The van der Waals surface area contributed by atoms with Gasteiger partial charge in [0.05, 0.1) is 6.61 Å². The van der Waals surface area contributed by atoms with E-state index < -0.39 is 0 Å². The van der Waals surface area contributed by atoms with Crippen LogP contribution in [0.5, 0.6) is 0 Å². The van der Waals surface area contributed by atoms with Crippen molar-refractivity contribution < 1.29 is 4.74 Å². The predicted octanol–water partition coefficient (Wildman–Crippen LogP) is 3.75. The lowest BCUT2D eigenvalue weighted by molar-refractivity contribution is 0.0894. The number of nitrogens with two attached hydrogens (primary N) is 1. The standard InChI is InChI=1S/C14H22ClNO/c1-3-4-11(2)9-17-10-13-6-5-12(8-16)7-14(13)15/h5-7,11H,3-4,8-10,16H2,1-2H3. The van der Waals surface area contributed by atoms with Crippen LogP contribution in [0.2, 0.25) is 5.02 Å². The fourth-order valence-electron chi connectivity index (χ4n) is 1.78. The third kappa shape index (κ3) is 5.07. The van der Waals surface area contributed by atoms with Crippen molar-refractivity contribution in [2.24, 2.45) is 11.7 Å². The average molecular weight is 256 g/mol. The fourth-order valence-corrected chi connectivity index (χ4v) is 2.04. The fraction of sp³-hybridized carbons (Fsp3) is 0.571. The van der Waals surface area contributed by atoms with Gasteiger partial charge in [0.2, 0.25) is 0 Å². The molecule has 3 heteroatoms. The summed E-state index contributed by atoms with van der Waals surface area (Å²) in [6.45, 7) is 6.30. The Kier molecular flexibility index (Phi) is 6.56. The smallest absolute Gasteiger partial charge is 0.0731 e. The first-order valence-electron chi connectivity index (χ1n) is 6.22. The number of hydrogen-bond acceptors (Lipinski definition) is 2. The molecular weight excluding hydrogens is 234 g/mol. The van der Waals surface area contributed by atoms with Crippen LogP contribution in [-0.4, -0.2) is 6.61 Å². The highest BCUT2D eigenvalue weighted by atomic mass is 35.5. The molecule has 0 bridgehead atoms. The molecule has 0 saturated heterocycles. The molecule has 0 spiro atoms. The first-order valence-corrected chi connectivity index (χ1v) is 6.60. The Morgan fingerprint density at radius 1 is 1.41 bits per heavy atom. The maximum absolute atomic E-state index is 6.15. The summed E-state index contributed by atoms with van der Waals surface area (Å²) in [5.74, 6) is 0.613. The highest BCUT2D eigenvalue weighted by Gasteiger charge is 2.04. The predicted molar refractivity (Wildman–Crippen MR) is 73.1 cm³/mol. The molecule has 0 aliphatic carbocycles. The second kappa shape index (κ2) is 7.70. The molecule has 0 heterocycles. The maximum atomic E-state index is 6.15. The Morgan fingerprint density at radius 2 is 2.18 bits per heavy atom. The summed E-state index contributed by atoms with van der Waals surface area (Å²) in [5.41, 5.74) is 7.64. The van der Waals surface area contributed by atoms with Gasteiger partial charge in [-0.2, -0.15) is 0 Å². The van der Waals surface area contributed by atoms with Gasteiger partial charge in [-0.1, -0.05) is 44.0 Å². The summed E-state index contributed by atoms with van der Waals surface area (Å²) in [6.07, 6.45) is 2.41. The van der Waals surface area contributed by atoms with Gasteiger partial charge in [-0.05, 0) is 29.5 Å². The molecular formula is C14H22ClNO. The summed E-state index contributed by atoms with van der Waals surface area (Å²) < 4.78 is 5.67. The van der Waals surface area contributed by atoms with Crippen LogP contribution in [0, 0.1) is 5.92 Å². The minimum absolute atomic E-state index is 0.522. The molecule has 1 atom stereocenters. The normalized spacial score (nSPS) is 12.7. The van der Waals surface area contributed by atoms with Crippen LogP contribution in [0.3, 0.4) is 0 Å². The third-order valence-corrected chi connectivity index (χ3v) is 3.15. The maximum Gasteiger partial charge on any atom is 0.0731 e. The van der Waals surface area contributed by atoms with Crippen LogP contribution in [0.25, 0.3) is 0 Å². The van der Waals surface area contributed by atoms with Gasteiger partial charge in [-0.15, -0.1) is 0 Å². The van der Waals surface area contributed by atoms with E-state index in [-0.39, 0.29) is 0 Å². The van der Waals surface area contributed by atoms with Crippen molar-refractivity contribution in [3.8, 4) is 0 Å². The Morgan fingerprint density at radius 3 is 2.76 bits per heavy atom. The molecule has 0 radical (unpaired) electrons. The van der Waals surface area contributed by atoms with Crippen molar-refractivity contribution in [3.05, 3.63) is 34.3 Å². The molecule has 17 heavy (non-hydrogen) atoms. The molecule has 0 saturated carbocycles. The van der Waals surface area contributed by atoms with Gasteiger partial charge in [0, 0.05) is 18.2 Å². The molecule has 0 fully saturated rings. The van der Waals surface area contributed by atoms with Gasteiger partial charge in [0.1, 0.15) is 0 Å². The highest BCUT2D eigenvalue weighted by Crippen LogP contribution is 2.19. The number of hydrogen-bond donors (Lipinski definition) is 1. The molecule has 0 aliphatic rings. The van der Waals surface area contributed by atoms with Crippen LogP contribution < -0.4 is 5.73 Å². The number of rotatable bonds is 7. The van der Waals surface area contributed by atoms with Gasteiger partial charge in [-0.3, -0.25) is 0 Å². The highest BCUT2D eigenvalue weighted by molar-refractivity contribution is 6.31. The Hall–Kier alpha value is -0.570. The van der Waals surface area contributed by atoms with Crippen molar-refractivity contribution in [1.29, 1.82) is 0 Å². The first kappa shape index (κ1) is 14.5. The molecule has 2 nitrogen and oxygen atoms in total. The molecule has 0 aromatic heterocycles. The zero-order valence-corrected chi connectivity index (χ0v) is 11.5. The lowest BCUT2D eigenvalue weighted by atomic mass is 10.1. The average Bonchev–Trinajstić information content (AvgIpc) is 2.31. The van der Waals surface area contributed by atoms with Gasteiger partial charge in [0.15, 0.2) is 0 Å². The monoisotopic (exact) mass is 255 g/mol. The number of halogens is 1. The molecule has 0 amide bonds. The van der Waals surface area contributed by atoms with Crippen molar-refractivity contribution >= 4 is 11.6 Å². The van der Waals surface area contributed by atoms with Gasteiger partial charge >= 0.3 is 0 Å². The largest absolute Gasteiger partial charge is 0.376 e. The third-order valence-electron chi connectivity index (χ3n) is 2.79. The van der Waals surface area contributed by atoms with Crippen LogP contribution in [0.15, 0.2) is 18.2 Å². The van der Waals surface area contributed by atoms with Crippen LogP contribution >= 0.6 is 11.6 Å². The van der Waals surface area contributed by atoms with E-state index in [2.05, 4.69) is 13.8 Å². The molecule has 1 aromatic rings. The van der Waals surface area contributed by atoms with Crippen molar-refractivity contribution in [2.45, 2.75) is 39.8 Å². The molecule has 96 valence electrons. The Labute approximate surface area is 109 Å². The summed E-state index contributed by atoms with van der Waals surface area (Å²) in [6, 6.07) is 5.91. The summed E-state index contributed by atoms with van der Waals surface area (Å²) in [5, 5.41) is 0.746. The van der Waals surface area contributed by atoms with Gasteiger partial charge < -0.3 is 10.5 Å². The van der Waals surface area contributed by atoms with E-state index in [4.69, 9.17) is 22.1 Å². The van der Waals surface area contributed by atoms with E-state index in [1.54, 1.807) is 0 Å². The molecule has 1 rings (SSSR count). The van der Waals surface area contributed by atoms with E-state index >= 15 is 0 Å². The summed E-state index contributed by atoms with van der Waals surface area (Å²) >= 11 is 6.15. The number of benzene rings is 1. The lowest BCUT2D eigenvalue weighted by Gasteiger charge is -2.12. The van der Waals surface area contributed by atoms with Crippen LogP contribution in [0.4, 0.5) is 0 Å². The number of ether oxygens (including phenoxy) is 1. The quantitative estimate of drug-likeness (QED) is 0.805. The SMILES string of the molecule is CCCC(C)COCc1ccc(CN)cc1Cl. The van der Waals surface area contributed by atoms with Gasteiger partial charge in [-0.25, -0.2) is 0 Å². The summed E-state index contributed by atoms with van der Waals surface area (Å²) in [7, 11) is 0. The van der Waals surface area contributed by atoms with Crippen molar-refractivity contribution in [2.75, 3.05) is 6.61 Å². The molecule has 1 unspecified atom stereocenters. The molecule has 1 aromatic carbocycles. The van der Waals surface area contributed by atoms with Crippen molar-refractivity contribution in [1.82, 2.24) is 0 Å². The lowest BCUT2D eigenvalue weighted by Crippen LogP contribution is -2.06. The first-order chi connectivity index (χ1) is 8.17. The molecule has 2 N–H and O–H groups in total. The zero-order valence-electron chi connectivity index (χ0n) is 10.7. The second-order valence-corrected chi connectivity index (χ2v) is 4.95. The van der Waals surface area contributed by atoms with E-state index in [0.717, 1.165) is 22.8 Å². The van der Waals surface area contributed by atoms with E-state index in [1.165, 1.54) is 12.8 Å². The minimum Gasteiger partial charge on any atom is -0.376 e. The molecule has 0 aliphatic heterocycles. The summed E-state index contributed by atoms with van der Waals surface area (Å²) in [4.78, 5) is 0. The van der Waals surface area contributed by atoms with Crippen molar-refractivity contribution in [3.63, 3.8) is 0 Å². The Bertz CT molecular complexity index is 341. The van der Waals surface area contributed by atoms with Crippen LogP contribution in [-0.2, 0) is 17.9 Å². The topological polar surface area (TPSA) is 35.2 Å². The Balaban J connectivity index is 2.41. The zero-order chi connectivity index (χ0) is 12.7. The van der Waals surface area contributed by atoms with Gasteiger partial charge in [0.25, 0.3) is 0 Å². The van der Waals surface area contributed by atoms with E-state index in [9.17, 15) is 0 Å². The second-order valence-electron chi connectivity index (χ2n) is 4.54. The van der Waals surface area contributed by atoms with Crippen LogP contribution in [0.1, 0.15) is 37.8 Å². The van der Waals surface area contributed by atoms with E-state index in [0.29, 0.717) is 19.1 Å². The van der Waals surface area contributed by atoms with E-state index in [1.807, 2.05) is 18.2 Å².